The Morgan fingerprint density at radius 2 is 1.87 bits per heavy atom. The summed E-state index contributed by atoms with van der Waals surface area (Å²) in [5.74, 6) is 1.06. The molecule has 3 rings (SSSR count). The molecule has 1 saturated carbocycles. The average molecular weight is 335 g/mol. The van der Waals surface area contributed by atoms with Crippen molar-refractivity contribution in [1.29, 1.82) is 0 Å². The van der Waals surface area contributed by atoms with Crippen LogP contribution >= 0.6 is 11.6 Å². The fraction of sp³-hybridized carbons (Fsp3) is 0.632. The summed E-state index contributed by atoms with van der Waals surface area (Å²) in [6, 6.07) is 8.38. The van der Waals surface area contributed by atoms with E-state index in [2.05, 4.69) is 9.80 Å². The van der Waals surface area contributed by atoms with Gasteiger partial charge in [-0.2, -0.15) is 0 Å². The van der Waals surface area contributed by atoms with Crippen LogP contribution in [-0.2, 0) is 11.3 Å². The highest BCUT2D eigenvalue weighted by atomic mass is 35.5. The maximum atomic E-state index is 12.8. The number of amides is 1. The van der Waals surface area contributed by atoms with Crippen LogP contribution in [0, 0.1) is 5.92 Å². The van der Waals surface area contributed by atoms with Crippen molar-refractivity contribution in [3.05, 3.63) is 34.9 Å². The number of nitrogens with zero attached hydrogens (tertiary/aromatic N) is 2. The summed E-state index contributed by atoms with van der Waals surface area (Å²) in [4.78, 5) is 17.1. The highest BCUT2D eigenvalue weighted by molar-refractivity contribution is 6.30. The van der Waals surface area contributed by atoms with Gasteiger partial charge in [-0.05, 0) is 56.3 Å². The van der Waals surface area contributed by atoms with Crippen molar-refractivity contribution in [1.82, 2.24) is 9.80 Å². The Labute approximate surface area is 144 Å². The van der Waals surface area contributed by atoms with E-state index in [1.54, 1.807) is 0 Å². The Kier molecular flexibility index (Phi) is 5.60. The number of likely N-dealkylation sites (tertiary alicyclic amines) is 1. The fourth-order valence-corrected chi connectivity index (χ4v) is 4.34. The minimum atomic E-state index is 0.304. The summed E-state index contributed by atoms with van der Waals surface area (Å²) < 4.78 is 0. The third-order valence-electron chi connectivity index (χ3n) is 5.33. The minimum absolute atomic E-state index is 0.304. The average Bonchev–Trinajstić information content (AvgIpc) is 2.56. The van der Waals surface area contributed by atoms with Crippen LogP contribution in [0.4, 0.5) is 0 Å². The molecule has 0 spiro atoms. The fourth-order valence-electron chi connectivity index (χ4n) is 4.21. The van der Waals surface area contributed by atoms with E-state index in [4.69, 9.17) is 11.6 Å². The lowest BCUT2D eigenvalue weighted by atomic mass is 9.78. The lowest BCUT2D eigenvalue weighted by molar-refractivity contribution is -0.138. The van der Waals surface area contributed by atoms with Gasteiger partial charge in [0.2, 0.25) is 5.91 Å². The molecule has 4 heteroatoms. The van der Waals surface area contributed by atoms with E-state index in [0.29, 0.717) is 18.5 Å². The zero-order chi connectivity index (χ0) is 16.2. The molecule has 1 heterocycles. The van der Waals surface area contributed by atoms with Crippen molar-refractivity contribution in [3.8, 4) is 0 Å². The van der Waals surface area contributed by atoms with Crippen molar-refractivity contribution in [2.75, 3.05) is 20.1 Å². The van der Waals surface area contributed by atoms with Crippen LogP contribution < -0.4 is 0 Å². The molecular weight excluding hydrogens is 308 g/mol. The molecule has 3 nitrogen and oxygen atoms in total. The summed E-state index contributed by atoms with van der Waals surface area (Å²) >= 11 is 5.92. The lowest BCUT2D eigenvalue weighted by Crippen LogP contribution is -2.52. The summed E-state index contributed by atoms with van der Waals surface area (Å²) in [5.41, 5.74) is 1.19. The van der Waals surface area contributed by atoms with E-state index in [-0.39, 0.29) is 0 Å². The smallest absolute Gasteiger partial charge is 0.237 e. The first kappa shape index (κ1) is 16.8. The Balaban J connectivity index is 1.56. The Morgan fingerprint density at radius 1 is 1.17 bits per heavy atom. The second kappa shape index (κ2) is 7.67. The molecule has 0 radical (unpaired) electrons. The van der Waals surface area contributed by atoms with Gasteiger partial charge in [-0.1, -0.05) is 36.6 Å². The summed E-state index contributed by atoms with van der Waals surface area (Å²) in [5, 5.41) is 0.754. The molecular formula is C19H27ClN2O. The summed E-state index contributed by atoms with van der Waals surface area (Å²) in [6.45, 7) is 2.24. The number of halogens is 1. The maximum absolute atomic E-state index is 12.8. The number of likely N-dealkylation sites (N-methyl/N-ethyl adjacent to an activating group) is 1. The van der Waals surface area contributed by atoms with Crippen LogP contribution in [0.3, 0.4) is 0 Å². The lowest BCUT2D eigenvalue weighted by Gasteiger charge is -2.44. The van der Waals surface area contributed by atoms with Crippen LogP contribution in [0.2, 0.25) is 5.02 Å². The Hall–Kier alpha value is -1.06. The number of fused-ring (bicyclic) bond motifs is 1. The molecule has 1 aromatic carbocycles. The van der Waals surface area contributed by atoms with Gasteiger partial charge in [0.1, 0.15) is 0 Å². The van der Waals surface area contributed by atoms with Crippen LogP contribution in [0.25, 0.3) is 0 Å². The highest BCUT2D eigenvalue weighted by Gasteiger charge is 2.35. The van der Waals surface area contributed by atoms with Crippen molar-refractivity contribution >= 4 is 17.5 Å². The number of carbonyl (C=O) groups is 1. The first-order valence-corrected chi connectivity index (χ1v) is 9.24. The molecule has 1 saturated heterocycles. The number of carbonyl (C=O) groups excluding carboxylic acids is 1. The second-order valence-corrected chi connectivity index (χ2v) is 7.58. The predicted octanol–water partition coefficient (Wildman–Crippen LogP) is 3.95. The minimum Gasteiger partial charge on any atom is -0.338 e. The van der Waals surface area contributed by atoms with Crippen LogP contribution in [0.15, 0.2) is 24.3 Å². The Bertz CT molecular complexity index is 529. The molecule has 2 fully saturated rings. The molecule has 1 amide bonds. The number of benzene rings is 1. The van der Waals surface area contributed by atoms with Gasteiger partial charge >= 0.3 is 0 Å². The predicted molar refractivity (Wildman–Crippen MR) is 94.5 cm³/mol. The number of rotatable bonds is 4. The number of hydrogen-bond donors (Lipinski definition) is 0. The largest absolute Gasteiger partial charge is 0.338 e. The van der Waals surface area contributed by atoms with E-state index in [9.17, 15) is 4.79 Å². The SMILES string of the molecule is CN(CC(=O)N1CCCC2CCCCC21)Cc1ccc(Cl)cc1. The van der Waals surface area contributed by atoms with Gasteiger partial charge in [-0.3, -0.25) is 9.69 Å². The van der Waals surface area contributed by atoms with Gasteiger partial charge in [0.15, 0.2) is 0 Å². The Morgan fingerprint density at radius 3 is 2.65 bits per heavy atom. The molecule has 1 aromatic rings. The molecule has 2 aliphatic rings. The van der Waals surface area contributed by atoms with Crippen molar-refractivity contribution in [3.63, 3.8) is 0 Å². The first-order chi connectivity index (χ1) is 11.1. The standard InChI is InChI=1S/C19H27ClN2O/c1-21(13-15-8-10-17(20)11-9-15)14-19(23)22-12-4-6-16-5-2-3-7-18(16)22/h8-11,16,18H,2-7,12-14H2,1H3. The van der Waals surface area contributed by atoms with Gasteiger partial charge in [0.25, 0.3) is 0 Å². The quantitative estimate of drug-likeness (QED) is 0.832. The third kappa shape index (κ3) is 4.27. The first-order valence-electron chi connectivity index (χ1n) is 8.86. The molecule has 2 unspecified atom stereocenters. The van der Waals surface area contributed by atoms with E-state index in [1.807, 2.05) is 31.3 Å². The van der Waals surface area contributed by atoms with E-state index >= 15 is 0 Å². The van der Waals surface area contributed by atoms with Crippen molar-refractivity contribution in [2.24, 2.45) is 5.92 Å². The van der Waals surface area contributed by atoms with E-state index in [1.165, 1.54) is 44.1 Å². The van der Waals surface area contributed by atoms with Crippen LogP contribution in [-0.4, -0.2) is 41.9 Å². The van der Waals surface area contributed by atoms with Gasteiger partial charge in [-0.15, -0.1) is 0 Å². The zero-order valence-electron chi connectivity index (χ0n) is 14.0. The molecule has 0 N–H and O–H groups in total. The molecule has 1 aliphatic heterocycles. The van der Waals surface area contributed by atoms with E-state index in [0.717, 1.165) is 24.0 Å². The molecule has 1 aliphatic carbocycles. The van der Waals surface area contributed by atoms with Crippen molar-refractivity contribution in [2.45, 2.75) is 51.1 Å². The number of hydrogen-bond acceptors (Lipinski definition) is 2. The normalized spacial score (nSPS) is 24.6. The summed E-state index contributed by atoms with van der Waals surface area (Å²) in [6.07, 6.45) is 7.64. The van der Waals surface area contributed by atoms with Gasteiger partial charge in [0, 0.05) is 24.2 Å². The molecule has 0 aromatic heterocycles. The molecule has 0 bridgehead atoms. The van der Waals surface area contributed by atoms with Gasteiger partial charge < -0.3 is 4.90 Å². The molecule has 126 valence electrons. The van der Waals surface area contributed by atoms with E-state index < -0.39 is 0 Å². The monoisotopic (exact) mass is 334 g/mol. The zero-order valence-corrected chi connectivity index (χ0v) is 14.8. The topological polar surface area (TPSA) is 23.6 Å². The third-order valence-corrected chi connectivity index (χ3v) is 5.59. The van der Waals surface area contributed by atoms with Gasteiger partial charge in [0.05, 0.1) is 6.54 Å². The van der Waals surface area contributed by atoms with Crippen LogP contribution in [0.5, 0.6) is 0 Å². The summed E-state index contributed by atoms with van der Waals surface area (Å²) in [7, 11) is 2.02. The highest BCUT2D eigenvalue weighted by Crippen LogP contribution is 2.35. The molecule has 2 atom stereocenters. The molecule has 23 heavy (non-hydrogen) atoms. The second-order valence-electron chi connectivity index (χ2n) is 7.14. The maximum Gasteiger partial charge on any atom is 0.237 e. The van der Waals surface area contributed by atoms with Crippen molar-refractivity contribution < 1.29 is 4.79 Å². The number of piperidine rings is 1. The van der Waals surface area contributed by atoms with Gasteiger partial charge in [-0.25, -0.2) is 0 Å². The van der Waals surface area contributed by atoms with Crippen LogP contribution in [0.1, 0.15) is 44.1 Å².